The van der Waals surface area contributed by atoms with Crippen LogP contribution in [0.4, 0.5) is 0 Å². The van der Waals surface area contributed by atoms with E-state index in [0.29, 0.717) is 37.7 Å². The molecule has 0 radical (unpaired) electrons. The largest absolute Gasteiger partial charge is 0.507 e. The summed E-state index contributed by atoms with van der Waals surface area (Å²) in [6.07, 6.45) is 0. The molecule has 3 rings (SSSR count). The molecule has 188 valence electrons. The Morgan fingerprint density at radius 2 is 0.676 bits per heavy atom. The lowest BCUT2D eigenvalue weighted by molar-refractivity contribution is 0.451. The molecule has 8 nitrogen and oxygen atoms in total. The molecule has 1 heterocycles. The Hall–Kier alpha value is -2.20. The van der Waals surface area contributed by atoms with Gasteiger partial charge in [-0.25, -0.2) is 0 Å². The first kappa shape index (κ1) is 26.4. The van der Waals surface area contributed by atoms with E-state index in [0.717, 1.165) is 85.7 Å². The number of fused-ring (bicyclic) bond motifs is 4. The van der Waals surface area contributed by atoms with Crippen LogP contribution in [0.1, 0.15) is 33.4 Å². The van der Waals surface area contributed by atoms with E-state index in [1.165, 1.54) is 0 Å². The molecule has 0 aromatic heterocycles. The van der Waals surface area contributed by atoms with E-state index in [2.05, 4.69) is 45.7 Å². The standard InChI is InChI=1S/C26H42N6O2/c1-19-11-21-15-29-7-3-27-5-9-31-17-23-13-20(2)14-24(26(23)34)18-32-10-6-28-4-8-30-16-22(12-19)25(21)33/h11-14,27-34H,3-10,15-18H2,1-2H3. The zero-order chi connectivity index (χ0) is 24.2. The summed E-state index contributed by atoms with van der Waals surface area (Å²) in [7, 11) is 0. The SMILES string of the molecule is Cc1cc2c(O)c(c1)CNCCNCCNCc1cc(C)cc(c1O)CNCCNCCNC2. The summed E-state index contributed by atoms with van der Waals surface area (Å²) >= 11 is 0. The topological polar surface area (TPSA) is 113 Å². The van der Waals surface area contributed by atoms with Crippen molar-refractivity contribution >= 4 is 0 Å². The van der Waals surface area contributed by atoms with E-state index in [4.69, 9.17) is 0 Å². The van der Waals surface area contributed by atoms with E-state index < -0.39 is 0 Å². The smallest absolute Gasteiger partial charge is 0.124 e. The number of benzene rings is 2. The van der Waals surface area contributed by atoms with Crippen molar-refractivity contribution in [2.24, 2.45) is 0 Å². The number of phenolic OH excluding ortho intramolecular Hbond substituents is 2. The van der Waals surface area contributed by atoms with E-state index in [1.807, 2.05) is 24.3 Å². The lowest BCUT2D eigenvalue weighted by atomic mass is 10.0. The molecule has 2 aromatic carbocycles. The predicted molar refractivity (Wildman–Crippen MR) is 138 cm³/mol. The summed E-state index contributed by atoms with van der Waals surface area (Å²) in [5.41, 5.74) is 6.08. The Morgan fingerprint density at radius 3 is 0.941 bits per heavy atom. The number of aromatic hydroxyl groups is 2. The Labute approximate surface area is 203 Å². The summed E-state index contributed by atoms with van der Waals surface area (Å²) in [4.78, 5) is 0. The summed E-state index contributed by atoms with van der Waals surface area (Å²) in [5, 5.41) is 41.9. The maximum absolute atomic E-state index is 10.7. The van der Waals surface area contributed by atoms with Gasteiger partial charge in [0, 0.05) is 101 Å². The van der Waals surface area contributed by atoms with Gasteiger partial charge in [0.25, 0.3) is 0 Å². The molecular weight excluding hydrogens is 428 g/mol. The maximum Gasteiger partial charge on any atom is 0.124 e. The zero-order valence-corrected chi connectivity index (χ0v) is 20.7. The number of nitrogens with one attached hydrogen (secondary N) is 6. The second-order valence-electron chi connectivity index (χ2n) is 9.07. The summed E-state index contributed by atoms with van der Waals surface area (Å²) in [6.45, 7) is 13.4. The third-order valence-electron chi connectivity index (χ3n) is 6.00. The molecule has 0 saturated carbocycles. The summed E-state index contributed by atoms with van der Waals surface area (Å²) in [6, 6.07) is 8.20. The Balaban J connectivity index is 1.56. The lowest BCUT2D eigenvalue weighted by Gasteiger charge is -2.15. The first-order valence-corrected chi connectivity index (χ1v) is 12.4. The van der Waals surface area contributed by atoms with Crippen molar-refractivity contribution in [3.8, 4) is 11.5 Å². The van der Waals surface area contributed by atoms with Gasteiger partial charge >= 0.3 is 0 Å². The van der Waals surface area contributed by atoms with Crippen LogP contribution >= 0.6 is 0 Å². The second-order valence-corrected chi connectivity index (χ2v) is 9.07. The van der Waals surface area contributed by atoms with E-state index in [9.17, 15) is 10.2 Å². The number of aryl methyl sites for hydroxylation is 2. The quantitative estimate of drug-likeness (QED) is 0.288. The third kappa shape index (κ3) is 8.54. The minimum Gasteiger partial charge on any atom is -0.507 e. The molecule has 2 aromatic rings. The average Bonchev–Trinajstić information content (AvgIpc) is 2.81. The van der Waals surface area contributed by atoms with Crippen molar-refractivity contribution in [2.75, 3.05) is 52.4 Å². The highest BCUT2D eigenvalue weighted by molar-refractivity contribution is 5.44. The highest BCUT2D eigenvalue weighted by atomic mass is 16.3. The first-order chi connectivity index (χ1) is 16.5. The number of phenols is 2. The fraction of sp³-hybridized carbons (Fsp3) is 0.538. The Kier molecular flexibility index (Phi) is 11.1. The zero-order valence-electron chi connectivity index (χ0n) is 20.7. The van der Waals surface area contributed by atoms with Crippen molar-refractivity contribution in [1.82, 2.24) is 31.9 Å². The molecule has 8 N–H and O–H groups in total. The van der Waals surface area contributed by atoms with Gasteiger partial charge in [-0.15, -0.1) is 0 Å². The van der Waals surface area contributed by atoms with Gasteiger partial charge in [-0.2, -0.15) is 0 Å². The van der Waals surface area contributed by atoms with Gasteiger partial charge in [-0.05, 0) is 13.8 Å². The van der Waals surface area contributed by atoms with Crippen molar-refractivity contribution < 1.29 is 10.2 Å². The Bertz CT molecular complexity index is 769. The van der Waals surface area contributed by atoms with Crippen LogP contribution in [0.3, 0.4) is 0 Å². The number of rotatable bonds is 0. The van der Waals surface area contributed by atoms with Crippen LogP contribution in [0.2, 0.25) is 0 Å². The van der Waals surface area contributed by atoms with Crippen molar-refractivity contribution in [3.63, 3.8) is 0 Å². The molecule has 1 aliphatic heterocycles. The van der Waals surface area contributed by atoms with Crippen LogP contribution in [-0.2, 0) is 26.2 Å². The minimum atomic E-state index is 0.385. The van der Waals surface area contributed by atoms with Gasteiger partial charge < -0.3 is 42.1 Å². The summed E-state index contributed by atoms with van der Waals surface area (Å²) in [5.74, 6) is 0.771. The molecule has 8 heteroatoms. The minimum absolute atomic E-state index is 0.385. The summed E-state index contributed by atoms with van der Waals surface area (Å²) < 4.78 is 0. The molecule has 0 aliphatic carbocycles. The molecule has 1 aliphatic rings. The van der Waals surface area contributed by atoms with Crippen LogP contribution in [0.5, 0.6) is 11.5 Å². The average molecular weight is 471 g/mol. The highest BCUT2D eigenvalue weighted by Gasteiger charge is 2.10. The van der Waals surface area contributed by atoms with E-state index >= 15 is 0 Å². The molecule has 0 fully saturated rings. The molecular formula is C26H42N6O2. The third-order valence-corrected chi connectivity index (χ3v) is 6.00. The fourth-order valence-corrected chi connectivity index (χ4v) is 4.26. The van der Waals surface area contributed by atoms with E-state index in [1.54, 1.807) is 0 Å². The molecule has 0 atom stereocenters. The molecule has 4 bridgehead atoms. The monoisotopic (exact) mass is 470 g/mol. The molecule has 0 amide bonds. The Morgan fingerprint density at radius 1 is 0.441 bits per heavy atom. The van der Waals surface area contributed by atoms with E-state index in [-0.39, 0.29) is 0 Å². The molecule has 0 saturated heterocycles. The second kappa shape index (κ2) is 14.3. The van der Waals surface area contributed by atoms with Gasteiger partial charge in [-0.3, -0.25) is 0 Å². The van der Waals surface area contributed by atoms with Crippen LogP contribution in [-0.4, -0.2) is 62.6 Å². The van der Waals surface area contributed by atoms with Crippen molar-refractivity contribution in [1.29, 1.82) is 0 Å². The van der Waals surface area contributed by atoms with Crippen molar-refractivity contribution in [2.45, 2.75) is 40.0 Å². The van der Waals surface area contributed by atoms with Gasteiger partial charge in [-0.1, -0.05) is 35.4 Å². The normalized spacial score (nSPS) is 18.2. The highest BCUT2D eigenvalue weighted by Crippen LogP contribution is 2.25. The lowest BCUT2D eigenvalue weighted by Crippen LogP contribution is -2.33. The fourth-order valence-electron chi connectivity index (χ4n) is 4.26. The molecule has 0 spiro atoms. The number of hydrogen-bond donors (Lipinski definition) is 8. The van der Waals surface area contributed by atoms with Crippen LogP contribution in [0.15, 0.2) is 24.3 Å². The first-order valence-electron chi connectivity index (χ1n) is 12.4. The molecule has 34 heavy (non-hydrogen) atoms. The molecule has 0 unspecified atom stereocenters. The van der Waals surface area contributed by atoms with Crippen LogP contribution in [0.25, 0.3) is 0 Å². The van der Waals surface area contributed by atoms with Gasteiger partial charge in [0.1, 0.15) is 11.5 Å². The maximum atomic E-state index is 10.7. The number of hydrogen-bond acceptors (Lipinski definition) is 8. The van der Waals surface area contributed by atoms with Crippen molar-refractivity contribution in [3.05, 3.63) is 57.6 Å². The van der Waals surface area contributed by atoms with Gasteiger partial charge in [0.15, 0.2) is 0 Å². The van der Waals surface area contributed by atoms with Crippen LogP contribution < -0.4 is 31.9 Å². The van der Waals surface area contributed by atoms with Gasteiger partial charge in [0.2, 0.25) is 0 Å². The van der Waals surface area contributed by atoms with Crippen LogP contribution in [0, 0.1) is 13.8 Å². The van der Waals surface area contributed by atoms with Gasteiger partial charge in [0.05, 0.1) is 0 Å². The predicted octanol–water partition coefficient (Wildman–Crippen LogP) is 0.966.